The average Bonchev–Trinajstić information content (AvgIpc) is 3.21. The Balaban J connectivity index is 1.48. The van der Waals surface area contributed by atoms with Crippen molar-refractivity contribution in [2.75, 3.05) is 52.2 Å². The topological polar surface area (TPSA) is 82.2 Å². The molecule has 162 valence electrons. The van der Waals surface area contributed by atoms with Gasteiger partial charge in [-0.15, -0.1) is 0 Å². The molecule has 0 aliphatic carbocycles. The molecule has 4 rings (SSSR count). The Morgan fingerprint density at radius 2 is 1.80 bits per heavy atom. The van der Waals surface area contributed by atoms with Crippen LogP contribution in [0.2, 0.25) is 0 Å². The van der Waals surface area contributed by atoms with E-state index in [1.54, 1.807) is 29.9 Å². The number of hydrogen-bond donors (Lipinski definition) is 1. The normalized spacial score (nSPS) is 25.3. The lowest BCUT2D eigenvalue weighted by Gasteiger charge is -2.46. The highest BCUT2D eigenvalue weighted by atomic mass is 16.5. The van der Waals surface area contributed by atoms with Crippen LogP contribution in [0.3, 0.4) is 0 Å². The van der Waals surface area contributed by atoms with E-state index < -0.39 is 5.41 Å². The first-order chi connectivity index (χ1) is 14.3. The number of urea groups is 1. The Morgan fingerprint density at radius 1 is 1.07 bits per heavy atom. The molecule has 4 amide bonds. The van der Waals surface area contributed by atoms with Crippen molar-refractivity contribution in [3.63, 3.8) is 0 Å². The smallest absolute Gasteiger partial charge is 0.321 e. The molecule has 8 nitrogen and oxygen atoms in total. The lowest BCUT2D eigenvalue weighted by atomic mass is 9.60. The summed E-state index contributed by atoms with van der Waals surface area (Å²) in [5.74, 6) is 0.860. The van der Waals surface area contributed by atoms with Gasteiger partial charge in [0, 0.05) is 63.9 Å². The van der Waals surface area contributed by atoms with Gasteiger partial charge in [0.1, 0.15) is 5.75 Å². The van der Waals surface area contributed by atoms with Gasteiger partial charge in [-0.1, -0.05) is 6.07 Å². The van der Waals surface area contributed by atoms with Crippen molar-refractivity contribution in [1.82, 2.24) is 14.7 Å². The third-order valence-corrected chi connectivity index (χ3v) is 7.37. The molecule has 8 heteroatoms. The summed E-state index contributed by atoms with van der Waals surface area (Å²) in [7, 11) is 3.44. The molecule has 1 atom stereocenters. The van der Waals surface area contributed by atoms with Gasteiger partial charge in [-0.05, 0) is 31.4 Å². The van der Waals surface area contributed by atoms with Crippen LogP contribution in [0, 0.1) is 10.8 Å². The molecule has 3 aliphatic rings. The maximum absolute atomic E-state index is 13.2. The van der Waals surface area contributed by atoms with E-state index in [1.807, 2.05) is 30.1 Å². The number of carbonyl (C=O) groups is 3. The predicted molar refractivity (Wildman–Crippen MR) is 112 cm³/mol. The van der Waals surface area contributed by atoms with Crippen molar-refractivity contribution in [1.29, 1.82) is 0 Å². The zero-order valence-corrected chi connectivity index (χ0v) is 17.9. The van der Waals surface area contributed by atoms with E-state index in [4.69, 9.17) is 4.74 Å². The Bertz CT molecular complexity index is 864. The summed E-state index contributed by atoms with van der Waals surface area (Å²) >= 11 is 0. The predicted octanol–water partition coefficient (Wildman–Crippen LogP) is 2.02. The molecule has 30 heavy (non-hydrogen) atoms. The van der Waals surface area contributed by atoms with Crippen LogP contribution in [-0.2, 0) is 9.59 Å². The van der Waals surface area contributed by atoms with Gasteiger partial charge in [0.05, 0.1) is 12.5 Å². The molecule has 0 bridgehead atoms. The molecular weight excluding hydrogens is 384 g/mol. The summed E-state index contributed by atoms with van der Waals surface area (Å²) in [6.07, 6.45) is 2.23. The van der Waals surface area contributed by atoms with E-state index in [0.29, 0.717) is 37.6 Å². The van der Waals surface area contributed by atoms with Crippen molar-refractivity contribution in [3.8, 4) is 5.75 Å². The van der Waals surface area contributed by atoms with Crippen molar-refractivity contribution >= 4 is 23.5 Å². The second-order valence-corrected chi connectivity index (χ2v) is 8.86. The third kappa shape index (κ3) is 3.18. The number of rotatable bonds is 2. The minimum Gasteiger partial charge on any atom is -0.497 e. The van der Waals surface area contributed by atoms with Crippen molar-refractivity contribution in [2.45, 2.75) is 26.2 Å². The van der Waals surface area contributed by atoms with Gasteiger partial charge in [0.2, 0.25) is 11.8 Å². The number of carbonyl (C=O) groups excluding carboxylic acids is 3. The van der Waals surface area contributed by atoms with Crippen LogP contribution in [0.15, 0.2) is 24.3 Å². The van der Waals surface area contributed by atoms with Crippen LogP contribution in [0.5, 0.6) is 5.75 Å². The standard InChI is InChI=1S/C22H30N4O4/c1-16(27)26-14-21(22(15-26)9-10-24(2)19(22)28)7-11-25(12-8-21)20(29)23-17-5-4-6-18(13-17)30-3/h4-6,13H,7-12,14-15H2,1-3H3,(H,23,29)/t22-/m1/s1. The van der Waals surface area contributed by atoms with E-state index in [-0.39, 0.29) is 23.3 Å². The number of benzene rings is 1. The number of fused-ring (bicyclic) bond motifs is 1. The summed E-state index contributed by atoms with van der Waals surface area (Å²) in [5, 5.41) is 2.94. The monoisotopic (exact) mass is 414 g/mol. The fourth-order valence-electron chi connectivity index (χ4n) is 5.54. The van der Waals surface area contributed by atoms with Crippen LogP contribution in [0.25, 0.3) is 0 Å². The molecule has 3 fully saturated rings. The molecule has 0 radical (unpaired) electrons. The second-order valence-electron chi connectivity index (χ2n) is 8.86. The molecule has 0 saturated carbocycles. The van der Waals surface area contributed by atoms with Gasteiger partial charge in [-0.2, -0.15) is 0 Å². The lowest BCUT2D eigenvalue weighted by Crippen LogP contribution is -2.54. The number of anilines is 1. The number of nitrogens with one attached hydrogen (secondary N) is 1. The number of hydrogen-bond acceptors (Lipinski definition) is 4. The summed E-state index contributed by atoms with van der Waals surface area (Å²) in [4.78, 5) is 43.6. The van der Waals surface area contributed by atoms with Gasteiger partial charge in [-0.3, -0.25) is 9.59 Å². The minimum atomic E-state index is -0.511. The molecule has 1 aromatic carbocycles. The first-order valence-corrected chi connectivity index (χ1v) is 10.5. The highest BCUT2D eigenvalue weighted by Gasteiger charge is 2.65. The third-order valence-electron chi connectivity index (χ3n) is 7.37. The van der Waals surface area contributed by atoms with Gasteiger partial charge in [0.25, 0.3) is 0 Å². The fourth-order valence-corrected chi connectivity index (χ4v) is 5.54. The number of methoxy groups -OCH3 is 1. The SMILES string of the molecule is COc1cccc(NC(=O)N2CCC3(CC2)CN(C(C)=O)C[C@@]32CCN(C)C2=O)c1. The first kappa shape index (κ1) is 20.5. The van der Waals surface area contributed by atoms with E-state index >= 15 is 0 Å². The zero-order chi connectivity index (χ0) is 21.5. The minimum absolute atomic E-state index is 0.0202. The van der Waals surface area contributed by atoms with Gasteiger partial charge in [0.15, 0.2) is 0 Å². The Hall–Kier alpha value is -2.77. The van der Waals surface area contributed by atoms with E-state index in [0.717, 1.165) is 25.8 Å². The van der Waals surface area contributed by atoms with Crippen LogP contribution in [-0.4, -0.2) is 79.4 Å². The summed E-state index contributed by atoms with van der Waals surface area (Å²) in [5.41, 5.74) is -0.0805. The molecule has 3 aliphatic heterocycles. The van der Waals surface area contributed by atoms with Crippen LogP contribution in [0.1, 0.15) is 26.2 Å². The number of likely N-dealkylation sites (tertiary alicyclic amines) is 3. The van der Waals surface area contributed by atoms with E-state index in [1.165, 1.54) is 0 Å². The van der Waals surface area contributed by atoms with Crippen molar-refractivity contribution < 1.29 is 19.1 Å². The lowest BCUT2D eigenvalue weighted by molar-refractivity contribution is -0.141. The zero-order valence-electron chi connectivity index (χ0n) is 17.9. The first-order valence-electron chi connectivity index (χ1n) is 10.5. The molecular formula is C22H30N4O4. The van der Waals surface area contributed by atoms with Gasteiger partial charge in [-0.25, -0.2) is 4.79 Å². The van der Waals surface area contributed by atoms with E-state index in [2.05, 4.69) is 5.32 Å². The van der Waals surface area contributed by atoms with Crippen LogP contribution >= 0.6 is 0 Å². The van der Waals surface area contributed by atoms with Gasteiger partial charge >= 0.3 is 6.03 Å². The Labute approximate surface area is 177 Å². The molecule has 1 N–H and O–H groups in total. The van der Waals surface area contributed by atoms with Crippen molar-refractivity contribution in [2.24, 2.45) is 10.8 Å². The fraction of sp³-hybridized carbons (Fsp3) is 0.591. The van der Waals surface area contributed by atoms with Gasteiger partial charge < -0.3 is 24.8 Å². The second kappa shape index (κ2) is 7.49. The molecule has 1 aromatic rings. The largest absolute Gasteiger partial charge is 0.497 e. The molecule has 3 heterocycles. The molecule has 2 spiro atoms. The number of amides is 4. The Kier molecular flexibility index (Phi) is 5.11. The number of nitrogens with zero attached hydrogens (tertiary/aromatic N) is 3. The quantitative estimate of drug-likeness (QED) is 0.803. The maximum Gasteiger partial charge on any atom is 0.321 e. The van der Waals surface area contributed by atoms with Crippen molar-refractivity contribution in [3.05, 3.63) is 24.3 Å². The number of piperidine rings is 1. The number of ether oxygens (including phenoxy) is 1. The summed E-state index contributed by atoms with van der Waals surface area (Å²) < 4.78 is 5.21. The summed E-state index contributed by atoms with van der Waals surface area (Å²) in [6.45, 7) is 4.55. The van der Waals surface area contributed by atoms with Crippen LogP contribution < -0.4 is 10.1 Å². The van der Waals surface area contributed by atoms with E-state index in [9.17, 15) is 14.4 Å². The molecule has 3 saturated heterocycles. The molecule has 0 aromatic heterocycles. The summed E-state index contributed by atoms with van der Waals surface area (Å²) in [6, 6.07) is 7.13. The Morgan fingerprint density at radius 3 is 2.40 bits per heavy atom. The highest BCUT2D eigenvalue weighted by Crippen LogP contribution is 2.57. The average molecular weight is 415 g/mol. The van der Waals surface area contributed by atoms with Crippen LogP contribution in [0.4, 0.5) is 10.5 Å². The molecule has 0 unspecified atom stereocenters. The maximum atomic E-state index is 13.2. The highest BCUT2D eigenvalue weighted by molar-refractivity contribution is 5.90.